The van der Waals surface area contributed by atoms with E-state index in [-0.39, 0.29) is 17.5 Å². The average molecular weight is 298 g/mol. The number of carbonyl (C=O) groups excluding carboxylic acids is 1. The van der Waals surface area contributed by atoms with Crippen molar-refractivity contribution in [2.24, 2.45) is 5.92 Å². The van der Waals surface area contributed by atoms with Crippen LogP contribution in [0, 0.1) is 17.2 Å². The number of hydrogen-bond acceptors (Lipinski definition) is 3. The number of benzene rings is 1. The molecule has 2 atom stereocenters. The molecule has 0 bridgehead atoms. The first-order chi connectivity index (χ1) is 10.6. The maximum Gasteiger partial charge on any atom is 0.262 e. The average Bonchev–Trinajstić information content (AvgIpc) is 2.54. The van der Waals surface area contributed by atoms with E-state index in [1.54, 1.807) is 19.3 Å². The Morgan fingerprint density at radius 3 is 2.86 bits per heavy atom. The van der Waals surface area contributed by atoms with E-state index in [1.807, 2.05) is 24.3 Å². The Balaban J connectivity index is 2.11. The molecule has 0 unspecified atom stereocenters. The zero-order valence-electron chi connectivity index (χ0n) is 13.1. The molecule has 1 aliphatic carbocycles. The molecule has 1 aliphatic rings. The van der Waals surface area contributed by atoms with E-state index in [9.17, 15) is 10.1 Å². The van der Waals surface area contributed by atoms with Crippen LogP contribution in [0.3, 0.4) is 0 Å². The van der Waals surface area contributed by atoms with Crippen LogP contribution in [0.2, 0.25) is 0 Å². The van der Waals surface area contributed by atoms with Crippen LogP contribution in [0.5, 0.6) is 5.75 Å². The topological polar surface area (TPSA) is 62.1 Å². The van der Waals surface area contributed by atoms with Gasteiger partial charge in [0.2, 0.25) is 0 Å². The van der Waals surface area contributed by atoms with Crippen molar-refractivity contribution < 1.29 is 9.53 Å². The Morgan fingerprint density at radius 1 is 1.41 bits per heavy atom. The van der Waals surface area contributed by atoms with E-state index in [1.165, 1.54) is 6.42 Å². The number of ether oxygens (including phenoxy) is 1. The highest BCUT2D eigenvalue weighted by Gasteiger charge is 2.23. The summed E-state index contributed by atoms with van der Waals surface area (Å²) in [5, 5.41) is 12.3. The van der Waals surface area contributed by atoms with Gasteiger partial charge in [-0.25, -0.2) is 0 Å². The summed E-state index contributed by atoms with van der Waals surface area (Å²) in [7, 11) is 1.59. The molecule has 0 heterocycles. The Morgan fingerprint density at radius 2 is 2.18 bits per heavy atom. The second-order valence-electron chi connectivity index (χ2n) is 5.79. The van der Waals surface area contributed by atoms with Crippen LogP contribution in [0.4, 0.5) is 0 Å². The lowest BCUT2D eigenvalue weighted by Crippen LogP contribution is -2.41. The molecule has 0 aromatic heterocycles. The molecule has 1 N–H and O–H groups in total. The van der Waals surface area contributed by atoms with Crippen molar-refractivity contribution in [1.82, 2.24) is 5.32 Å². The highest BCUT2D eigenvalue weighted by molar-refractivity contribution is 6.01. The maximum atomic E-state index is 12.3. The molecule has 1 fully saturated rings. The van der Waals surface area contributed by atoms with Gasteiger partial charge in [0, 0.05) is 6.04 Å². The molecule has 4 heteroatoms. The number of hydrogen-bond donors (Lipinski definition) is 1. The summed E-state index contributed by atoms with van der Waals surface area (Å²) in [6, 6.07) is 9.47. The van der Waals surface area contributed by atoms with Crippen molar-refractivity contribution in [2.45, 2.75) is 38.6 Å². The number of nitrogens with one attached hydrogen (secondary N) is 1. The number of rotatable bonds is 4. The normalized spacial score (nSPS) is 21.8. The Kier molecular flexibility index (Phi) is 5.60. The monoisotopic (exact) mass is 298 g/mol. The second-order valence-corrected chi connectivity index (χ2v) is 5.79. The van der Waals surface area contributed by atoms with Crippen LogP contribution in [-0.2, 0) is 4.79 Å². The lowest BCUT2D eigenvalue weighted by atomic mass is 9.86. The van der Waals surface area contributed by atoms with E-state index >= 15 is 0 Å². The van der Waals surface area contributed by atoms with Crippen LogP contribution >= 0.6 is 0 Å². The molecule has 0 radical (unpaired) electrons. The molecule has 0 aliphatic heterocycles. The molecule has 1 aromatic rings. The van der Waals surface area contributed by atoms with Crippen molar-refractivity contribution >= 4 is 12.0 Å². The minimum absolute atomic E-state index is 0.131. The standard InChI is InChI=1S/C18H22N2O2/c1-13-6-3-4-9-17(13)20-18(21)15(12-19)10-14-7-5-8-16(11-14)22-2/h5,7-8,10-11,13,17H,3-4,6,9H2,1-2H3,(H,20,21)/b15-10+/t13-,17-/m1/s1. The summed E-state index contributed by atoms with van der Waals surface area (Å²) in [4.78, 5) is 12.3. The van der Waals surface area contributed by atoms with Gasteiger partial charge in [-0.15, -0.1) is 0 Å². The fraction of sp³-hybridized carbons (Fsp3) is 0.444. The first-order valence-corrected chi connectivity index (χ1v) is 7.70. The van der Waals surface area contributed by atoms with E-state index in [4.69, 9.17) is 4.74 Å². The number of nitrogens with zero attached hydrogens (tertiary/aromatic N) is 1. The van der Waals surface area contributed by atoms with Gasteiger partial charge >= 0.3 is 0 Å². The number of methoxy groups -OCH3 is 1. The predicted molar refractivity (Wildman–Crippen MR) is 86.1 cm³/mol. The van der Waals surface area contributed by atoms with Crippen LogP contribution in [0.15, 0.2) is 29.8 Å². The van der Waals surface area contributed by atoms with Crippen molar-refractivity contribution in [3.05, 3.63) is 35.4 Å². The van der Waals surface area contributed by atoms with E-state index in [0.717, 1.165) is 24.8 Å². The highest BCUT2D eigenvalue weighted by atomic mass is 16.5. The van der Waals surface area contributed by atoms with Gasteiger partial charge in [-0.1, -0.05) is 31.9 Å². The summed E-state index contributed by atoms with van der Waals surface area (Å²) < 4.78 is 5.15. The zero-order valence-corrected chi connectivity index (χ0v) is 13.1. The second kappa shape index (κ2) is 7.65. The molecule has 2 rings (SSSR count). The quantitative estimate of drug-likeness (QED) is 0.685. The third-order valence-corrected chi connectivity index (χ3v) is 4.20. The zero-order chi connectivity index (χ0) is 15.9. The third kappa shape index (κ3) is 4.11. The molecule has 116 valence electrons. The summed E-state index contributed by atoms with van der Waals surface area (Å²) >= 11 is 0. The van der Waals surface area contributed by atoms with Crippen molar-refractivity contribution in [1.29, 1.82) is 5.26 Å². The molecular weight excluding hydrogens is 276 g/mol. The minimum Gasteiger partial charge on any atom is -0.497 e. The Hall–Kier alpha value is -2.28. The van der Waals surface area contributed by atoms with Gasteiger partial charge in [0.15, 0.2) is 0 Å². The summed E-state index contributed by atoms with van der Waals surface area (Å²) in [6.07, 6.45) is 6.08. The maximum absolute atomic E-state index is 12.3. The molecule has 0 saturated heterocycles. The summed E-state index contributed by atoms with van der Waals surface area (Å²) in [5.74, 6) is 0.880. The van der Waals surface area contributed by atoms with Gasteiger partial charge in [0.1, 0.15) is 17.4 Å². The van der Waals surface area contributed by atoms with E-state index < -0.39 is 0 Å². The van der Waals surface area contributed by atoms with E-state index in [2.05, 4.69) is 12.2 Å². The Labute approximate surface area is 131 Å². The molecule has 22 heavy (non-hydrogen) atoms. The largest absolute Gasteiger partial charge is 0.497 e. The van der Waals surface area contributed by atoms with Crippen molar-refractivity contribution in [3.63, 3.8) is 0 Å². The Bertz CT molecular complexity index is 601. The molecule has 0 spiro atoms. The molecular formula is C18H22N2O2. The minimum atomic E-state index is -0.288. The van der Waals surface area contributed by atoms with Crippen LogP contribution < -0.4 is 10.1 Å². The molecule has 1 amide bonds. The summed E-state index contributed by atoms with van der Waals surface area (Å²) in [5.41, 5.74) is 0.911. The van der Waals surface area contributed by atoms with Crippen molar-refractivity contribution in [2.75, 3.05) is 7.11 Å². The van der Waals surface area contributed by atoms with Crippen molar-refractivity contribution in [3.8, 4) is 11.8 Å². The molecule has 1 aromatic carbocycles. The molecule has 4 nitrogen and oxygen atoms in total. The first kappa shape index (κ1) is 16.1. The first-order valence-electron chi connectivity index (χ1n) is 7.70. The predicted octanol–water partition coefficient (Wildman–Crippen LogP) is 3.30. The van der Waals surface area contributed by atoms with Gasteiger partial charge in [-0.3, -0.25) is 4.79 Å². The number of amides is 1. The third-order valence-electron chi connectivity index (χ3n) is 4.20. The fourth-order valence-electron chi connectivity index (χ4n) is 2.82. The van der Waals surface area contributed by atoms with Crippen LogP contribution in [0.1, 0.15) is 38.2 Å². The number of nitriles is 1. The van der Waals surface area contributed by atoms with Gasteiger partial charge in [0.05, 0.1) is 7.11 Å². The van der Waals surface area contributed by atoms with Crippen LogP contribution in [0.25, 0.3) is 6.08 Å². The van der Waals surface area contributed by atoms with Gasteiger partial charge in [-0.05, 0) is 42.5 Å². The van der Waals surface area contributed by atoms with E-state index in [0.29, 0.717) is 11.7 Å². The lowest BCUT2D eigenvalue weighted by molar-refractivity contribution is -0.118. The summed E-state index contributed by atoms with van der Waals surface area (Å²) in [6.45, 7) is 2.15. The smallest absolute Gasteiger partial charge is 0.262 e. The fourth-order valence-corrected chi connectivity index (χ4v) is 2.82. The lowest BCUT2D eigenvalue weighted by Gasteiger charge is -2.29. The number of carbonyl (C=O) groups is 1. The van der Waals surface area contributed by atoms with Gasteiger partial charge < -0.3 is 10.1 Å². The molecule has 1 saturated carbocycles. The highest BCUT2D eigenvalue weighted by Crippen LogP contribution is 2.24. The van der Waals surface area contributed by atoms with Crippen LogP contribution in [-0.4, -0.2) is 19.1 Å². The SMILES string of the molecule is COc1cccc(/C=C(\C#N)C(=O)N[C@@H]2CCCC[C@H]2C)c1. The van der Waals surface area contributed by atoms with Gasteiger partial charge in [-0.2, -0.15) is 5.26 Å². The van der Waals surface area contributed by atoms with Gasteiger partial charge in [0.25, 0.3) is 5.91 Å².